The molecule has 0 fully saturated rings. The summed E-state index contributed by atoms with van der Waals surface area (Å²) >= 11 is 1.70. The standard InChI is InChI=1S/C20H24N6S/c1-3-13-10-14-6-5-7-15(14)11-16(13)27-20-25-17-18(21)23-12-24-19(17)26(20)9-8-22-4-2/h4,10-12H,3,5-9H2,1-2H3,(H2,21,23,24). The van der Waals surface area contributed by atoms with Crippen molar-refractivity contribution >= 4 is 35.0 Å². The normalized spacial score (nSPS) is 13.7. The molecule has 1 aliphatic carbocycles. The molecule has 7 heteroatoms. The molecule has 3 aromatic rings. The van der Waals surface area contributed by atoms with Crippen LogP contribution in [0.5, 0.6) is 0 Å². The van der Waals surface area contributed by atoms with Crippen molar-refractivity contribution in [3.8, 4) is 0 Å². The Morgan fingerprint density at radius 1 is 1.26 bits per heavy atom. The number of rotatable bonds is 6. The number of aliphatic imine (C=N–C) groups is 1. The van der Waals surface area contributed by atoms with Crippen LogP contribution >= 0.6 is 11.8 Å². The number of nitrogen functional groups attached to an aromatic ring is 1. The Morgan fingerprint density at radius 3 is 2.85 bits per heavy atom. The molecule has 0 saturated heterocycles. The summed E-state index contributed by atoms with van der Waals surface area (Å²) in [4.78, 5) is 18.9. The zero-order chi connectivity index (χ0) is 18.8. The maximum atomic E-state index is 6.05. The van der Waals surface area contributed by atoms with Crippen molar-refractivity contribution in [2.75, 3.05) is 12.3 Å². The van der Waals surface area contributed by atoms with Gasteiger partial charge in [0.1, 0.15) is 6.33 Å². The van der Waals surface area contributed by atoms with E-state index in [1.807, 2.05) is 13.1 Å². The summed E-state index contributed by atoms with van der Waals surface area (Å²) in [7, 11) is 0. The molecular weight excluding hydrogens is 356 g/mol. The van der Waals surface area contributed by atoms with Gasteiger partial charge in [-0.1, -0.05) is 24.8 Å². The molecule has 2 N–H and O–H groups in total. The van der Waals surface area contributed by atoms with Gasteiger partial charge in [0.15, 0.2) is 22.1 Å². The van der Waals surface area contributed by atoms with Gasteiger partial charge in [0, 0.05) is 11.4 Å². The van der Waals surface area contributed by atoms with Crippen LogP contribution in [0.1, 0.15) is 37.0 Å². The number of fused-ring (bicyclic) bond motifs is 2. The Balaban J connectivity index is 1.77. The predicted octanol–water partition coefficient (Wildman–Crippen LogP) is 3.70. The summed E-state index contributed by atoms with van der Waals surface area (Å²) in [5, 5.41) is 0.899. The molecule has 0 spiro atoms. The van der Waals surface area contributed by atoms with Crippen LogP contribution in [0, 0.1) is 0 Å². The second-order valence-electron chi connectivity index (χ2n) is 6.68. The van der Waals surface area contributed by atoms with E-state index in [1.165, 1.54) is 47.2 Å². The molecule has 27 heavy (non-hydrogen) atoms. The van der Waals surface area contributed by atoms with E-state index >= 15 is 0 Å². The van der Waals surface area contributed by atoms with Gasteiger partial charge in [-0.15, -0.1) is 0 Å². The SMILES string of the molecule is CC=NCCn1c(Sc2cc3c(cc2CC)CCC3)nc2c(N)ncnc21. The molecule has 6 nitrogen and oxygen atoms in total. The van der Waals surface area contributed by atoms with E-state index in [4.69, 9.17) is 10.7 Å². The van der Waals surface area contributed by atoms with E-state index < -0.39 is 0 Å². The lowest BCUT2D eigenvalue weighted by molar-refractivity contribution is 0.658. The van der Waals surface area contributed by atoms with Gasteiger partial charge in [0.05, 0.1) is 6.54 Å². The number of imidazole rings is 1. The highest BCUT2D eigenvalue weighted by Crippen LogP contribution is 2.36. The molecular formula is C20H24N6S. The van der Waals surface area contributed by atoms with Crippen LogP contribution in [0.15, 0.2) is 33.5 Å². The third-order valence-corrected chi connectivity index (χ3v) is 6.11. The molecule has 2 aromatic heterocycles. The van der Waals surface area contributed by atoms with Crippen LogP contribution in [-0.4, -0.2) is 32.3 Å². The van der Waals surface area contributed by atoms with Crippen molar-refractivity contribution in [3.05, 3.63) is 35.2 Å². The van der Waals surface area contributed by atoms with Crippen molar-refractivity contribution in [1.29, 1.82) is 0 Å². The molecule has 140 valence electrons. The number of hydrogen-bond donors (Lipinski definition) is 1. The van der Waals surface area contributed by atoms with Crippen molar-refractivity contribution in [3.63, 3.8) is 0 Å². The fourth-order valence-corrected chi connectivity index (χ4v) is 4.78. The fourth-order valence-electron chi connectivity index (χ4n) is 3.62. The average molecular weight is 381 g/mol. The van der Waals surface area contributed by atoms with Crippen LogP contribution in [0.4, 0.5) is 5.82 Å². The minimum absolute atomic E-state index is 0.421. The Labute approximate surface area is 163 Å². The van der Waals surface area contributed by atoms with Crippen molar-refractivity contribution in [2.45, 2.75) is 56.1 Å². The van der Waals surface area contributed by atoms with Gasteiger partial charge < -0.3 is 10.3 Å². The molecule has 2 heterocycles. The lowest BCUT2D eigenvalue weighted by Crippen LogP contribution is -2.05. The minimum Gasteiger partial charge on any atom is -0.382 e. The lowest BCUT2D eigenvalue weighted by Gasteiger charge is -2.12. The van der Waals surface area contributed by atoms with E-state index in [1.54, 1.807) is 11.8 Å². The largest absolute Gasteiger partial charge is 0.382 e. The first-order chi connectivity index (χ1) is 13.2. The number of nitrogens with zero attached hydrogens (tertiary/aromatic N) is 5. The number of aryl methyl sites for hydroxylation is 3. The van der Waals surface area contributed by atoms with Crippen LogP contribution < -0.4 is 5.73 Å². The van der Waals surface area contributed by atoms with Gasteiger partial charge in [-0.3, -0.25) is 4.99 Å². The van der Waals surface area contributed by atoms with Crippen molar-refractivity contribution in [1.82, 2.24) is 19.5 Å². The molecule has 0 atom stereocenters. The van der Waals surface area contributed by atoms with Crippen LogP contribution in [0.25, 0.3) is 11.2 Å². The minimum atomic E-state index is 0.421. The fraction of sp³-hybridized carbons (Fsp3) is 0.400. The van der Waals surface area contributed by atoms with Gasteiger partial charge in [0.2, 0.25) is 0 Å². The molecule has 0 saturated carbocycles. The zero-order valence-corrected chi connectivity index (χ0v) is 16.6. The summed E-state index contributed by atoms with van der Waals surface area (Å²) < 4.78 is 2.11. The summed E-state index contributed by atoms with van der Waals surface area (Å²) in [6.07, 6.45) is 7.97. The van der Waals surface area contributed by atoms with Gasteiger partial charge >= 0.3 is 0 Å². The molecule has 0 amide bonds. The maximum Gasteiger partial charge on any atom is 0.175 e. The van der Waals surface area contributed by atoms with Crippen molar-refractivity contribution < 1.29 is 0 Å². The average Bonchev–Trinajstić information content (AvgIpc) is 3.26. The summed E-state index contributed by atoms with van der Waals surface area (Å²) in [5.74, 6) is 0.421. The Kier molecular flexibility index (Phi) is 5.11. The topological polar surface area (TPSA) is 82.0 Å². The third kappa shape index (κ3) is 3.43. The predicted molar refractivity (Wildman–Crippen MR) is 111 cm³/mol. The molecule has 0 unspecified atom stereocenters. The Morgan fingerprint density at radius 2 is 2.07 bits per heavy atom. The number of benzene rings is 1. The van der Waals surface area contributed by atoms with E-state index in [0.29, 0.717) is 24.4 Å². The van der Waals surface area contributed by atoms with Gasteiger partial charge in [0.25, 0.3) is 0 Å². The maximum absolute atomic E-state index is 6.05. The quantitative estimate of drug-likeness (QED) is 0.659. The highest BCUT2D eigenvalue weighted by Gasteiger charge is 2.19. The Bertz CT molecular complexity index is 1010. The van der Waals surface area contributed by atoms with Gasteiger partial charge in [-0.05, 0) is 61.6 Å². The first kappa shape index (κ1) is 18.0. The molecule has 0 bridgehead atoms. The number of nitrogens with two attached hydrogens (primary N) is 1. The highest BCUT2D eigenvalue weighted by molar-refractivity contribution is 7.99. The summed E-state index contributed by atoms with van der Waals surface area (Å²) in [6.45, 7) is 5.54. The van der Waals surface area contributed by atoms with Gasteiger partial charge in [-0.25, -0.2) is 15.0 Å². The van der Waals surface area contributed by atoms with E-state index in [9.17, 15) is 0 Å². The number of hydrogen-bond acceptors (Lipinski definition) is 6. The van der Waals surface area contributed by atoms with Crippen LogP contribution in [0.3, 0.4) is 0 Å². The van der Waals surface area contributed by atoms with E-state index in [-0.39, 0.29) is 0 Å². The van der Waals surface area contributed by atoms with Crippen LogP contribution in [0.2, 0.25) is 0 Å². The molecule has 4 rings (SSSR count). The zero-order valence-electron chi connectivity index (χ0n) is 15.8. The van der Waals surface area contributed by atoms with E-state index in [2.05, 4.69) is 38.6 Å². The third-order valence-electron chi connectivity index (χ3n) is 5.02. The second-order valence-corrected chi connectivity index (χ2v) is 7.69. The Hall–Kier alpha value is -2.41. The summed E-state index contributed by atoms with van der Waals surface area (Å²) in [6, 6.07) is 4.74. The number of anilines is 1. The smallest absolute Gasteiger partial charge is 0.175 e. The molecule has 1 aromatic carbocycles. The van der Waals surface area contributed by atoms with Gasteiger partial charge in [-0.2, -0.15) is 0 Å². The van der Waals surface area contributed by atoms with E-state index in [0.717, 1.165) is 17.2 Å². The van der Waals surface area contributed by atoms with Crippen molar-refractivity contribution in [2.24, 2.45) is 4.99 Å². The molecule has 0 radical (unpaired) electrons. The highest BCUT2D eigenvalue weighted by atomic mass is 32.2. The summed E-state index contributed by atoms with van der Waals surface area (Å²) in [5.41, 5.74) is 11.9. The monoisotopic (exact) mass is 380 g/mol. The number of aromatic nitrogens is 4. The second kappa shape index (κ2) is 7.68. The first-order valence-corrected chi connectivity index (χ1v) is 10.3. The first-order valence-electron chi connectivity index (χ1n) is 9.45. The van der Waals surface area contributed by atoms with Crippen LogP contribution in [-0.2, 0) is 25.8 Å². The lowest BCUT2D eigenvalue weighted by atomic mass is 10.0. The molecule has 1 aliphatic rings. The molecule has 0 aliphatic heterocycles.